The number of carbonyl (C=O) groups is 1. The summed E-state index contributed by atoms with van der Waals surface area (Å²) in [5.74, 6) is 1.12. The summed E-state index contributed by atoms with van der Waals surface area (Å²) in [4.78, 5) is 16.5. The molecule has 6 heteroatoms. The molecule has 166 valence electrons. The number of aliphatic imine (C=N–C) groups is 1. The highest BCUT2D eigenvalue weighted by molar-refractivity contribution is 14.0. The number of amides is 1. The molecule has 1 aliphatic heterocycles. The molecule has 3 N–H and O–H groups in total. The number of benzene rings is 3. The zero-order valence-electron chi connectivity index (χ0n) is 18.1. The topological polar surface area (TPSA) is 65.5 Å². The largest absolute Gasteiger partial charge is 0.356 e. The van der Waals surface area contributed by atoms with Crippen LogP contribution in [0.5, 0.6) is 0 Å². The normalized spacial score (nSPS) is 15.4. The second kappa shape index (κ2) is 11.7. The molecule has 3 aromatic carbocycles. The van der Waals surface area contributed by atoms with Gasteiger partial charge in [0.2, 0.25) is 5.91 Å². The number of guanidine groups is 1. The zero-order valence-corrected chi connectivity index (χ0v) is 20.5. The van der Waals surface area contributed by atoms with Crippen LogP contribution in [0.3, 0.4) is 0 Å². The van der Waals surface area contributed by atoms with Crippen molar-refractivity contribution < 1.29 is 4.79 Å². The van der Waals surface area contributed by atoms with Gasteiger partial charge in [-0.05, 0) is 22.8 Å². The van der Waals surface area contributed by atoms with Gasteiger partial charge >= 0.3 is 0 Å². The summed E-state index contributed by atoms with van der Waals surface area (Å²) in [6, 6.07) is 29.0. The second-order valence-corrected chi connectivity index (χ2v) is 7.74. The Hall–Kier alpha value is -2.87. The van der Waals surface area contributed by atoms with Gasteiger partial charge < -0.3 is 16.0 Å². The quantitative estimate of drug-likeness (QED) is 0.241. The van der Waals surface area contributed by atoms with Crippen LogP contribution in [0.4, 0.5) is 5.69 Å². The summed E-state index contributed by atoms with van der Waals surface area (Å²) in [6.07, 6.45) is 0.470. The maximum absolute atomic E-state index is 12.1. The van der Waals surface area contributed by atoms with E-state index in [-0.39, 0.29) is 41.7 Å². The standard InChI is InChI=1S/C26H28N4O.HI/c1-27-26(28-17-21-16-25(31)30-24-15-9-8-14-22(21)24)29-18-23(19-10-4-2-5-11-19)20-12-6-3-7-13-20;/h2-15,21,23H,16-18H2,1H3,(H,30,31)(H2,27,28,29);1H. The summed E-state index contributed by atoms with van der Waals surface area (Å²) < 4.78 is 0. The van der Waals surface area contributed by atoms with Crippen LogP contribution in [-0.4, -0.2) is 32.0 Å². The SMILES string of the molecule is CN=C(NCC1CC(=O)Nc2ccccc21)NCC(c1ccccc1)c1ccccc1.I. The molecule has 0 saturated heterocycles. The highest BCUT2D eigenvalue weighted by Crippen LogP contribution is 2.31. The number of halogens is 1. The van der Waals surface area contributed by atoms with Crippen LogP contribution in [0, 0.1) is 0 Å². The number of carbonyl (C=O) groups excluding carboxylic acids is 1. The first-order chi connectivity index (χ1) is 15.2. The van der Waals surface area contributed by atoms with E-state index in [1.54, 1.807) is 7.05 Å². The molecule has 0 aromatic heterocycles. The first kappa shape index (κ1) is 23.8. The first-order valence-electron chi connectivity index (χ1n) is 10.7. The Balaban J connectivity index is 0.00000289. The van der Waals surface area contributed by atoms with Gasteiger partial charge in [-0.2, -0.15) is 0 Å². The lowest BCUT2D eigenvalue weighted by Crippen LogP contribution is -2.42. The fourth-order valence-corrected chi connectivity index (χ4v) is 4.12. The van der Waals surface area contributed by atoms with Crippen LogP contribution < -0.4 is 16.0 Å². The molecule has 0 aliphatic carbocycles. The predicted octanol–water partition coefficient (Wildman–Crippen LogP) is 4.73. The van der Waals surface area contributed by atoms with Crippen molar-refractivity contribution >= 4 is 41.5 Å². The van der Waals surface area contributed by atoms with Crippen molar-refractivity contribution in [2.24, 2.45) is 4.99 Å². The molecule has 0 fully saturated rings. The molecule has 1 aliphatic rings. The average molecular weight is 540 g/mol. The fourth-order valence-electron chi connectivity index (χ4n) is 4.12. The Labute approximate surface area is 206 Å². The molecule has 3 aromatic rings. The van der Waals surface area contributed by atoms with Crippen molar-refractivity contribution in [2.75, 3.05) is 25.5 Å². The number of nitrogens with zero attached hydrogens (tertiary/aromatic N) is 1. The van der Waals surface area contributed by atoms with E-state index in [0.717, 1.165) is 23.8 Å². The van der Waals surface area contributed by atoms with E-state index in [2.05, 4.69) is 75.5 Å². The number of hydrogen-bond acceptors (Lipinski definition) is 2. The maximum Gasteiger partial charge on any atom is 0.225 e. The molecule has 0 bridgehead atoms. The first-order valence-corrected chi connectivity index (χ1v) is 10.7. The van der Waals surface area contributed by atoms with E-state index in [0.29, 0.717) is 13.0 Å². The Kier molecular flexibility index (Phi) is 8.67. The number of nitrogens with one attached hydrogen (secondary N) is 3. The van der Waals surface area contributed by atoms with Crippen LogP contribution in [0.1, 0.15) is 34.9 Å². The van der Waals surface area contributed by atoms with Gasteiger partial charge in [0.25, 0.3) is 0 Å². The maximum atomic E-state index is 12.1. The Morgan fingerprint density at radius 3 is 2.16 bits per heavy atom. The van der Waals surface area contributed by atoms with Crippen molar-refractivity contribution in [3.63, 3.8) is 0 Å². The number of anilines is 1. The molecule has 32 heavy (non-hydrogen) atoms. The smallest absolute Gasteiger partial charge is 0.225 e. The third-order valence-electron chi connectivity index (χ3n) is 5.72. The summed E-state index contributed by atoms with van der Waals surface area (Å²) in [5.41, 5.74) is 4.59. The van der Waals surface area contributed by atoms with Gasteiger partial charge in [-0.3, -0.25) is 9.79 Å². The van der Waals surface area contributed by atoms with Gasteiger partial charge in [0.1, 0.15) is 0 Å². The number of para-hydroxylation sites is 1. The minimum absolute atomic E-state index is 0. The molecular formula is C26H29IN4O. The summed E-state index contributed by atoms with van der Waals surface area (Å²) in [6.45, 7) is 1.36. The third-order valence-corrected chi connectivity index (χ3v) is 5.72. The summed E-state index contributed by atoms with van der Waals surface area (Å²) in [5, 5.41) is 9.85. The fraction of sp³-hybridized carbons (Fsp3) is 0.231. The molecule has 1 amide bonds. The molecule has 1 heterocycles. The molecule has 0 saturated carbocycles. The lowest BCUT2D eigenvalue weighted by molar-refractivity contribution is -0.116. The molecule has 0 radical (unpaired) electrons. The van der Waals surface area contributed by atoms with Crippen LogP contribution in [-0.2, 0) is 4.79 Å². The highest BCUT2D eigenvalue weighted by Gasteiger charge is 2.25. The molecule has 1 atom stereocenters. The Bertz CT molecular complexity index is 1000. The number of rotatable bonds is 6. The van der Waals surface area contributed by atoms with Crippen molar-refractivity contribution in [1.82, 2.24) is 10.6 Å². The lowest BCUT2D eigenvalue weighted by Gasteiger charge is -2.27. The third kappa shape index (κ3) is 5.88. The van der Waals surface area contributed by atoms with Gasteiger partial charge in [-0.15, -0.1) is 24.0 Å². The number of fused-ring (bicyclic) bond motifs is 1. The predicted molar refractivity (Wildman–Crippen MR) is 142 cm³/mol. The Morgan fingerprint density at radius 2 is 1.53 bits per heavy atom. The van der Waals surface area contributed by atoms with Crippen molar-refractivity contribution in [1.29, 1.82) is 0 Å². The van der Waals surface area contributed by atoms with Gasteiger partial charge in [0.15, 0.2) is 5.96 Å². The second-order valence-electron chi connectivity index (χ2n) is 7.74. The van der Waals surface area contributed by atoms with Crippen molar-refractivity contribution in [2.45, 2.75) is 18.3 Å². The molecular weight excluding hydrogens is 511 g/mol. The van der Waals surface area contributed by atoms with Gasteiger partial charge in [-0.25, -0.2) is 0 Å². The van der Waals surface area contributed by atoms with Crippen LogP contribution >= 0.6 is 24.0 Å². The monoisotopic (exact) mass is 540 g/mol. The van der Waals surface area contributed by atoms with Crippen LogP contribution in [0.2, 0.25) is 0 Å². The van der Waals surface area contributed by atoms with Crippen LogP contribution in [0.15, 0.2) is 89.9 Å². The zero-order chi connectivity index (χ0) is 21.5. The Morgan fingerprint density at radius 1 is 0.938 bits per heavy atom. The minimum Gasteiger partial charge on any atom is -0.356 e. The lowest BCUT2D eigenvalue weighted by atomic mass is 9.90. The average Bonchev–Trinajstić information content (AvgIpc) is 2.82. The van der Waals surface area contributed by atoms with Crippen molar-refractivity contribution in [3.05, 3.63) is 102 Å². The van der Waals surface area contributed by atoms with Gasteiger partial charge in [-0.1, -0.05) is 78.9 Å². The van der Waals surface area contributed by atoms with Crippen molar-refractivity contribution in [3.8, 4) is 0 Å². The van der Waals surface area contributed by atoms with E-state index in [1.807, 2.05) is 30.3 Å². The molecule has 1 unspecified atom stereocenters. The minimum atomic E-state index is 0. The molecule has 4 rings (SSSR count). The summed E-state index contributed by atoms with van der Waals surface area (Å²) in [7, 11) is 1.77. The molecule has 5 nitrogen and oxygen atoms in total. The van der Waals surface area contributed by atoms with E-state index in [1.165, 1.54) is 11.1 Å². The molecule has 0 spiro atoms. The highest BCUT2D eigenvalue weighted by atomic mass is 127. The summed E-state index contributed by atoms with van der Waals surface area (Å²) >= 11 is 0. The van der Waals surface area contributed by atoms with E-state index in [4.69, 9.17) is 0 Å². The van der Waals surface area contributed by atoms with E-state index >= 15 is 0 Å². The van der Waals surface area contributed by atoms with Gasteiger partial charge in [0, 0.05) is 44.1 Å². The number of hydrogen-bond donors (Lipinski definition) is 3. The van der Waals surface area contributed by atoms with E-state index in [9.17, 15) is 4.79 Å². The van der Waals surface area contributed by atoms with E-state index < -0.39 is 0 Å². The van der Waals surface area contributed by atoms with Crippen LogP contribution in [0.25, 0.3) is 0 Å². The van der Waals surface area contributed by atoms with Gasteiger partial charge in [0.05, 0.1) is 0 Å².